The van der Waals surface area contributed by atoms with Crippen molar-refractivity contribution in [3.63, 3.8) is 0 Å². The Morgan fingerprint density at radius 3 is 2.16 bits per heavy atom. The van der Waals surface area contributed by atoms with Gasteiger partial charge in [-0.25, -0.2) is 0 Å². The summed E-state index contributed by atoms with van der Waals surface area (Å²) < 4.78 is 2.68. The molecule has 0 aliphatic rings. The van der Waals surface area contributed by atoms with E-state index in [1.165, 1.54) is 64.2 Å². The topological polar surface area (TPSA) is 15.8 Å². The Labute approximate surface area is 189 Å². The second-order valence-corrected chi connectivity index (χ2v) is 9.32. The van der Waals surface area contributed by atoms with Crippen LogP contribution in [-0.2, 0) is 0 Å². The SMILES string of the molecule is c1ccc(-c2cc(-c3cccc4c3sc3ccccc34)c3[nH]c4ccccc4c3c2)cc1. The number of aromatic amines is 1. The maximum absolute atomic E-state index is 3.73. The molecule has 7 rings (SSSR count). The van der Waals surface area contributed by atoms with E-state index in [0.717, 1.165) is 0 Å². The first kappa shape index (κ1) is 17.8. The summed E-state index contributed by atoms with van der Waals surface area (Å²) in [5.74, 6) is 0. The summed E-state index contributed by atoms with van der Waals surface area (Å²) in [5, 5.41) is 5.21. The van der Waals surface area contributed by atoms with Crippen LogP contribution in [0.2, 0.25) is 0 Å². The van der Waals surface area contributed by atoms with Crippen LogP contribution < -0.4 is 0 Å². The Morgan fingerprint density at radius 2 is 1.25 bits per heavy atom. The van der Waals surface area contributed by atoms with Crippen LogP contribution in [0.15, 0.2) is 109 Å². The van der Waals surface area contributed by atoms with Crippen molar-refractivity contribution in [3.05, 3.63) is 109 Å². The van der Waals surface area contributed by atoms with Gasteiger partial charge in [0.15, 0.2) is 0 Å². The maximum atomic E-state index is 3.73. The molecule has 32 heavy (non-hydrogen) atoms. The van der Waals surface area contributed by atoms with Crippen molar-refractivity contribution in [3.8, 4) is 22.3 Å². The Kier molecular flexibility index (Phi) is 3.78. The quantitative estimate of drug-likeness (QED) is 0.284. The molecule has 2 heterocycles. The minimum absolute atomic E-state index is 1.18. The largest absolute Gasteiger partial charge is 0.354 e. The molecule has 0 aliphatic carbocycles. The van der Waals surface area contributed by atoms with Gasteiger partial charge in [-0.15, -0.1) is 11.3 Å². The first-order valence-electron chi connectivity index (χ1n) is 10.9. The van der Waals surface area contributed by atoms with E-state index < -0.39 is 0 Å². The van der Waals surface area contributed by atoms with Gasteiger partial charge < -0.3 is 4.98 Å². The van der Waals surface area contributed by atoms with Crippen LogP contribution in [0.25, 0.3) is 64.2 Å². The van der Waals surface area contributed by atoms with Gasteiger partial charge in [0.1, 0.15) is 0 Å². The summed E-state index contributed by atoms with van der Waals surface area (Å²) in [4.78, 5) is 3.73. The lowest BCUT2D eigenvalue weighted by Crippen LogP contribution is -1.85. The number of H-pyrrole nitrogens is 1. The third-order valence-corrected chi connectivity index (χ3v) is 7.64. The molecule has 0 atom stereocenters. The first-order chi connectivity index (χ1) is 15.9. The van der Waals surface area contributed by atoms with Crippen molar-refractivity contribution < 1.29 is 0 Å². The molecule has 7 aromatic rings. The zero-order valence-electron chi connectivity index (χ0n) is 17.3. The predicted octanol–water partition coefficient (Wildman–Crippen LogP) is 9.02. The Hall–Kier alpha value is -3.88. The molecule has 0 radical (unpaired) electrons. The number of fused-ring (bicyclic) bond motifs is 6. The van der Waals surface area contributed by atoms with Gasteiger partial charge in [0, 0.05) is 47.6 Å². The van der Waals surface area contributed by atoms with Crippen LogP contribution in [0, 0.1) is 0 Å². The normalized spacial score (nSPS) is 11.8. The van der Waals surface area contributed by atoms with E-state index in [-0.39, 0.29) is 0 Å². The molecule has 5 aromatic carbocycles. The van der Waals surface area contributed by atoms with Gasteiger partial charge in [0.2, 0.25) is 0 Å². The second-order valence-electron chi connectivity index (χ2n) is 8.26. The lowest BCUT2D eigenvalue weighted by atomic mass is 9.95. The molecule has 0 saturated carbocycles. The van der Waals surface area contributed by atoms with Crippen molar-refractivity contribution in [1.29, 1.82) is 0 Å². The molecule has 0 fully saturated rings. The van der Waals surface area contributed by atoms with Crippen molar-refractivity contribution >= 4 is 53.3 Å². The number of para-hydroxylation sites is 1. The molecule has 0 unspecified atom stereocenters. The highest BCUT2D eigenvalue weighted by Gasteiger charge is 2.16. The summed E-state index contributed by atoms with van der Waals surface area (Å²) >= 11 is 1.89. The van der Waals surface area contributed by atoms with E-state index in [9.17, 15) is 0 Å². The smallest absolute Gasteiger partial charge is 0.0545 e. The van der Waals surface area contributed by atoms with Crippen LogP contribution >= 0.6 is 11.3 Å². The predicted molar refractivity (Wildman–Crippen MR) is 140 cm³/mol. The van der Waals surface area contributed by atoms with Gasteiger partial charge >= 0.3 is 0 Å². The number of rotatable bonds is 2. The van der Waals surface area contributed by atoms with E-state index in [1.807, 2.05) is 11.3 Å². The summed E-state index contributed by atoms with van der Waals surface area (Å²) in [7, 11) is 0. The van der Waals surface area contributed by atoms with Gasteiger partial charge in [-0.2, -0.15) is 0 Å². The third kappa shape index (κ3) is 2.57. The molecule has 2 heteroatoms. The first-order valence-corrected chi connectivity index (χ1v) is 11.7. The van der Waals surface area contributed by atoms with E-state index >= 15 is 0 Å². The zero-order chi connectivity index (χ0) is 21.1. The lowest BCUT2D eigenvalue weighted by Gasteiger charge is -2.10. The highest BCUT2D eigenvalue weighted by atomic mass is 32.1. The Bertz CT molecular complexity index is 1770. The monoisotopic (exact) mass is 425 g/mol. The van der Waals surface area contributed by atoms with E-state index in [4.69, 9.17) is 0 Å². The molecule has 0 bridgehead atoms. The molecule has 0 saturated heterocycles. The van der Waals surface area contributed by atoms with E-state index in [2.05, 4.69) is 114 Å². The van der Waals surface area contributed by atoms with Gasteiger partial charge in [0.25, 0.3) is 0 Å². The highest BCUT2D eigenvalue weighted by molar-refractivity contribution is 7.26. The maximum Gasteiger partial charge on any atom is 0.0545 e. The highest BCUT2D eigenvalue weighted by Crippen LogP contribution is 2.44. The molecular formula is C30H19NS. The van der Waals surface area contributed by atoms with Gasteiger partial charge in [-0.1, -0.05) is 84.9 Å². The van der Waals surface area contributed by atoms with Crippen LogP contribution in [0.3, 0.4) is 0 Å². The van der Waals surface area contributed by atoms with Crippen molar-refractivity contribution in [2.75, 3.05) is 0 Å². The number of hydrogen-bond donors (Lipinski definition) is 1. The van der Waals surface area contributed by atoms with Gasteiger partial charge in [-0.05, 0) is 35.4 Å². The molecule has 0 amide bonds. The number of nitrogens with one attached hydrogen (secondary N) is 1. The Morgan fingerprint density at radius 1 is 0.500 bits per heavy atom. The molecule has 150 valence electrons. The summed E-state index contributed by atoms with van der Waals surface area (Å²) in [6, 6.07) is 39.4. The minimum Gasteiger partial charge on any atom is -0.354 e. The summed E-state index contributed by atoms with van der Waals surface area (Å²) in [6.45, 7) is 0. The molecule has 2 aromatic heterocycles. The zero-order valence-corrected chi connectivity index (χ0v) is 18.1. The number of hydrogen-bond acceptors (Lipinski definition) is 1. The number of aromatic nitrogens is 1. The van der Waals surface area contributed by atoms with Crippen molar-refractivity contribution in [2.45, 2.75) is 0 Å². The number of thiophene rings is 1. The molecule has 1 N–H and O–H groups in total. The van der Waals surface area contributed by atoms with Gasteiger partial charge in [0.05, 0.1) is 5.52 Å². The summed E-state index contributed by atoms with van der Waals surface area (Å²) in [5.41, 5.74) is 7.42. The van der Waals surface area contributed by atoms with Crippen LogP contribution in [-0.4, -0.2) is 4.98 Å². The standard InChI is InChI=1S/C30H19NS/c1-2-9-19(10-3-1)20-17-25-21-11-4-6-15-27(21)31-29(25)26(18-20)24-14-8-13-23-22-12-5-7-16-28(22)32-30(23)24/h1-18,31H. The van der Waals surface area contributed by atoms with E-state index in [1.54, 1.807) is 0 Å². The van der Waals surface area contributed by atoms with Crippen LogP contribution in [0.1, 0.15) is 0 Å². The minimum atomic E-state index is 1.18. The molecular weight excluding hydrogens is 406 g/mol. The average Bonchev–Trinajstić information content (AvgIpc) is 3.42. The van der Waals surface area contributed by atoms with Crippen molar-refractivity contribution in [2.24, 2.45) is 0 Å². The number of benzene rings is 5. The third-order valence-electron chi connectivity index (χ3n) is 6.42. The Balaban J connectivity index is 1.63. The molecule has 0 aliphatic heterocycles. The van der Waals surface area contributed by atoms with Crippen molar-refractivity contribution in [1.82, 2.24) is 4.98 Å². The lowest BCUT2D eigenvalue weighted by molar-refractivity contribution is 1.54. The molecule has 1 nitrogen and oxygen atoms in total. The van der Waals surface area contributed by atoms with Gasteiger partial charge in [-0.3, -0.25) is 0 Å². The second kappa shape index (κ2) is 6.81. The average molecular weight is 426 g/mol. The van der Waals surface area contributed by atoms with Crippen LogP contribution in [0.5, 0.6) is 0 Å². The fourth-order valence-corrected chi connectivity index (χ4v) is 6.15. The fourth-order valence-electron chi connectivity index (χ4n) is 4.92. The summed E-state index contributed by atoms with van der Waals surface area (Å²) in [6.07, 6.45) is 0. The molecule has 0 spiro atoms. The van der Waals surface area contributed by atoms with E-state index in [0.29, 0.717) is 0 Å². The van der Waals surface area contributed by atoms with Crippen LogP contribution in [0.4, 0.5) is 0 Å². The fraction of sp³-hybridized carbons (Fsp3) is 0.